The van der Waals surface area contributed by atoms with Crippen LogP contribution in [0.2, 0.25) is 5.02 Å². The maximum Gasteiger partial charge on any atom is 0.165 e. The van der Waals surface area contributed by atoms with E-state index in [4.69, 9.17) is 21.6 Å². The van der Waals surface area contributed by atoms with Crippen molar-refractivity contribution >= 4 is 11.6 Å². The van der Waals surface area contributed by atoms with Crippen LogP contribution in [0.3, 0.4) is 0 Å². The minimum absolute atomic E-state index is 0.261. The van der Waals surface area contributed by atoms with Crippen LogP contribution in [0.1, 0.15) is 25.5 Å². The van der Waals surface area contributed by atoms with E-state index in [1.807, 2.05) is 19.9 Å². The molecule has 1 aromatic heterocycles. The van der Waals surface area contributed by atoms with Gasteiger partial charge in [-0.3, -0.25) is 4.68 Å². The molecular formula is C13H12ClN3O. The third-order valence-corrected chi connectivity index (χ3v) is 2.74. The highest BCUT2D eigenvalue weighted by Crippen LogP contribution is 2.29. The molecule has 0 radical (unpaired) electrons. The molecular weight excluding hydrogens is 250 g/mol. The van der Waals surface area contributed by atoms with Gasteiger partial charge in [0, 0.05) is 6.04 Å². The van der Waals surface area contributed by atoms with E-state index in [-0.39, 0.29) is 6.04 Å². The highest BCUT2D eigenvalue weighted by molar-refractivity contribution is 6.31. The van der Waals surface area contributed by atoms with Gasteiger partial charge in [-0.25, -0.2) is 0 Å². The van der Waals surface area contributed by atoms with Crippen LogP contribution in [0, 0.1) is 11.3 Å². The quantitative estimate of drug-likeness (QED) is 0.845. The lowest BCUT2D eigenvalue weighted by Gasteiger charge is -2.06. The summed E-state index contributed by atoms with van der Waals surface area (Å²) in [5, 5.41) is 13.6. The van der Waals surface area contributed by atoms with E-state index >= 15 is 0 Å². The molecule has 0 saturated heterocycles. The highest BCUT2D eigenvalue weighted by atomic mass is 35.5. The fourth-order valence-corrected chi connectivity index (χ4v) is 1.69. The molecule has 0 N–H and O–H groups in total. The van der Waals surface area contributed by atoms with E-state index in [1.165, 1.54) is 0 Å². The van der Waals surface area contributed by atoms with E-state index < -0.39 is 0 Å². The Morgan fingerprint density at radius 3 is 2.83 bits per heavy atom. The number of aromatic nitrogens is 2. The Bertz CT molecular complexity index is 599. The molecule has 2 aromatic rings. The number of rotatable bonds is 3. The largest absolute Gasteiger partial charge is 0.453 e. The number of nitriles is 1. The van der Waals surface area contributed by atoms with Crippen molar-refractivity contribution < 1.29 is 4.74 Å². The zero-order valence-corrected chi connectivity index (χ0v) is 10.8. The molecule has 92 valence electrons. The second-order valence-corrected chi connectivity index (χ2v) is 4.48. The van der Waals surface area contributed by atoms with Gasteiger partial charge in [-0.15, -0.1) is 0 Å². The molecule has 1 aromatic carbocycles. The van der Waals surface area contributed by atoms with Crippen LogP contribution < -0.4 is 4.74 Å². The molecule has 0 bridgehead atoms. The molecule has 0 atom stereocenters. The van der Waals surface area contributed by atoms with Gasteiger partial charge in [0.05, 0.1) is 17.4 Å². The summed E-state index contributed by atoms with van der Waals surface area (Å²) in [6.07, 6.45) is 3.40. The average Bonchev–Trinajstić information content (AvgIpc) is 2.78. The van der Waals surface area contributed by atoms with Gasteiger partial charge < -0.3 is 4.74 Å². The molecule has 0 unspecified atom stereocenters. The van der Waals surface area contributed by atoms with E-state index in [1.54, 1.807) is 35.3 Å². The number of hydrogen-bond acceptors (Lipinski definition) is 3. The first kappa shape index (κ1) is 12.5. The summed E-state index contributed by atoms with van der Waals surface area (Å²) in [6.45, 7) is 4.05. The maximum atomic E-state index is 9.04. The predicted molar refractivity (Wildman–Crippen MR) is 68.9 cm³/mol. The van der Waals surface area contributed by atoms with Gasteiger partial charge in [0.25, 0.3) is 0 Å². The van der Waals surface area contributed by atoms with E-state index in [0.29, 0.717) is 22.1 Å². The van der Waals surface area contributed by atoms with Gasteiger partial charge in [0.1, 0.15) is 17.4 Å². The van der Waals surface area contributed by atoms with Crippen molar-refractivity contribution in [3.63, 3.8) is 0 Å². The SMILES string of the molecule is CC(C)n1cc(Oc2cccc(Cl)c2C#N)cn1. The Kier molecular flexibility index (Phi) is 3.54. The average molecular weight is 262 g/mol. The number of hydrogen-bond donors (Lipinski definition) is 0. The predicted octanol–water partition coefficient (Wildman–Crippen LogP) is 3.78. The first-order valence-electron chi connectivity index (χ1n) is 5.52. The van der Waals surface area contributed by atoms with Gasteiger partial charge in [0.15, 0.2) is 5.75 Å². The first-order chi connectivity index (χ1) is 8.61. The molecule has 0 amide bonds. The van der Waals surface area contributed by atoms with Crippen molar-refractivity contribution in [2.45, 2.75) is 19.9 Å². The van der Waals surface area contributed by atoms with Crippen LogP contribution in [0.5, 0.6) is 11.5 Å². The maximum absolute atomic E-state index is 9.04. The van der Waals surface area contributed by atoms with Gasteiger partial charge in [-0.05, 0) is 26.0 Å². The lowest BCUT2D eigenvalue weighted by molar-refractivity contribution is 0.475. The third kappa shape index (κ3) is 2.47. The highest BCUT2D eigenvalue weighted by Gasteiger charge is 2.10. The van der Waals surface area contributed by atoms with Crippen LogP contribution in [-0.2, 0) is 0 Å². The van der Waals surface area contributed by atoms with Crippen molar-refractivity contribution in [2.75, 3.05) is 0 Å². The minimum Gasteiger partial charge on any atom is -0.453 e. The molecule has 0 saturated carbocycles. The smallest absolute Gasteiger partial charge is 0.165 e. The summed E-state index contributed by atoms with van der Waals surface area (Å²) >= 11 is 5.93. The Balaban J connectivity index is 2.29. The fraction of sp³-hybridized carbons (Fsp3) is 0.231. The number of nitrogens with zero attached hydrogens (tertiary/aromatic N) is 3. The second-order valence-electron chi connectivity index (χ2n) is 4.08. The lowest BCUT2D eigenvalue weighted by Crippen LogP contribution is -1.99. The van der Waals surface area contributed by atoms with E-state index in [0.717, 1.165) is 0 Å². The van der Waals surface area contributed by atoms with Crippen molar-refractivity contribution in [2.24, 2.45) is 0 Å². The zero-order chi connectivity index (χ0) is 13.1. The van der Waals surface area contributed by atoms with Gasteiger partial charge in [-0.1, -0.05) is 17.7 Å². The summed E-state index contributed by atoms with van der Waals surface area (Å²) < 4.78 is 7.41. The molecule has 5 heteroatoms. The third-order valence-electron chi connectivity index (χ3n) is 2.42. The summed E-state index contributed by atoms with van der Waals surface area (Å²) in [5.41, 5.74) is 0.330. The number of ether oxygens (including phenoxy) is 1. The van der Waals surface area contributed by atoms with Crippen LogP contribution in [0.15, 0.2) is 30.6 Å². The second kappa shape index (κ2) is 5.11. The molecule has 2 rings (SSSR count). The van der Waals surface area contributed by atoms with Crippen molar-refractivity contribution in [3.8, 4) is 17.6 Å². The van der Waals surface area contributed by atoms with Crippen molar-refractivity contribution in [1.29, 1.82) is 5.26 Å². The van der Waals surface area contributed by atoms with Crippen LogP contribution >= 0.6 is 11.6 Å². The van der Waals surface area contributed by atoms with E-state index in [2.05, 4.69) is 5.10 Å². The van der Waals surface area contributed by atoms with Crippen LogP contribution in [-0.4, -0.2) is 9.78 Å². The fourth-order valence-electron chi connectivity index (χ4n) is 1.48. The molecule has 18 heavy (non-hydrogen) atoms. The van der Waals surface area contributed by atoms with E-state index in [9.17, 15) is 0 Å². The summed E-state index contributed by atoms with van der Waals surface area (Å²) in [5.74, 6) is 1.02. The topological polar surface area (TPSA) is 50.8 Å². The van der Waals surface area contributed by atoms with Crippen molar-refractivity contribution in [1.82, 2.24) is 9.78 Å². The Morgan fingerprint density at radius 1 is 1.44 bits per heavy atom. The van der Waals surface area contributed by atoms with Gasteiger partial charge in [-0.2, -0.15) is 10.4 Å². The van der Waals surface area contributed by atoms with Crippen molar-refractivity contribution in [3.05, 3.63) is 41.2 Å². The Hall–Kier alpha value is -1.99. The molecule has 0 aliphatic heterocycles. The minimum atomic E-state index is 0.261. The Labute approximate surface area is 110 Å². The molecule has 0 spiro atoms. The first-order valence-corrected chi connectivity index (χ1v) is 5.90. The standard InChI is InChI=1S/C13H12ClN3O/c1-9(2)17-8-10(7-16-17)18-13-5-3-4-12(14)11(13)6-15/h3-5,7-9H,1-2H3. The normalized spacial score (nSPS) is 10.4. The lowest BCUT2D eigenvalue weighted by atomic mass is 10.2. The monoisotopic (exact) mass is 261 g/mol. The molecule has 0 aliphatic rings. The summed E-state index contributed by atoms with van der Waals surface area (Å²) in [7, 11) is 0. The summed E-state index contributed by atoms with van der Waals surface area (Å²) in [4.78, 5) is 0. The van der Waals surface area contributed by atoms with Gasteiger partial charge >= 0.3 is 0 Å². The molecule has 0 aliphatic carbocycles. The number of benzene rings is 1. The zero-order valence-electron chi connectivity index (χ0n) is 10.1. The van der Waals surface area contributed by atoms with Crippen LogP contribution in [0.25, 0.3) is 0 Å². The molecule has 1 heterocycles. The molecule has 0 fully saturated rings. The Morgan fingerprint density at radius 2 is 2.22 bits per heavy atom. The van der Waals surface area contributed by atoms with Gasteiger partial charge in [0.2, 0.25) is 0 Å². The number of halogens is 1. The van der Waals surface area contributed by atoms with Crippen LogP contribution in [0.4, 0.5) is 0 Å². The summed E-state index contributed by atoms with van der Waals surface area (Å²) in [6, 6.07) is 7.39. The molecule has 4 nitrogen and oxygen atoms in total.